The molecule has 4 aromatic rings. The van der Waals surface area contributed by atoms with Crippen LogP contribution in [0.15, 0.2) is 54.9 Å². The molecule has 30 heavy (non-hydrogen) atoms. The van der Waals surface area contributed by atoms with Crippen LogP contribution in [0.5, 0.6) is 0 Å². The summed E-state index contributed by atoms with van der Waals surface area (Å²) in [7, 11) is 0. The number of nitrogens with one attached hydrogen (secondary N) is 2. The minimum absolute atomic E-state index is 0.00784. The number of carbonyl (C=O) groups is 1. The molecular weight excluding hydrogens is 407 g/mol. The number of amides is 1. The fraction of sp³-hybridized carbons (Fsp3) is 0.0500. The van der Waals surface area contributed by atoms with Crippen LogP contribution in [0.2, 0.25) is 0 Å². The Morgan fingerprint density at radius 1 is 1.03 bits per heavy atom. The van der Waals surface area contributed by atoms with Crippen molar-refractivity contribution in [1.82, 2.24) is 15.2 Å². The molecule has 0 atom stereocenters. The van der Waals surface area contributed by atoms with Crippen LogP contribution in [-0.4, -0.2) is 21.1 Å². The summed E-state index contributed by atoms with van der Waals surface area (Å²) in [6.07, 6.45) is -2.91. The minimum Gasteiger partial charge on any atom is -0.319 e. The van der Waals surface area contributed by atoms with Gasteiger partial charge in [0.2, 0.25) is 0 Å². The van der Waals surface area contributed by atoms with Gasteiger partial charge in [0.05, 0.1) is 23.0 Å². The van der Waals surface area contributed by atoms with Gasteiger partial charge in [-0.2, -0.15) is 18.3 Å². The van der Waals surface area contributed by atoms with Gasteiger partial charge in [0.1, 0.15) is 0 Å². The number of hydrogen-bond donors (Lipinski definition) is 2. The van der Waals surface area contributed by atoms with E-state index < -0.39 is 29.3 Å². The zero-order valence-corrected chi connectivity index (χ0v) is 14.9. The maximum absolute atomic E-state index is 14.1. The summed E-state index contributed by atoms with van der Waals surface area (Å²) in [6.45, 7) is 0. The second kappa shape index (κ2) is 7.21. The maximum atomic E-state index is 14.1. The van der Waals surface area contributed by atoms with Crippen LogP contribution >= 0.6 is 0 Å². The molecule has 1 amide bonds. The highest BCUT2D eigenvalue weighted by atomic mass is 19.4. The number of pyridine rings is 1. The SMILES string of the molecule is O=C(Nc1cncc(C(F)(F)F)c1)c1n[nH]c2ccc(-c3cccc(F)c3F)cc12. The second-order valence-corrected chi connectivity index (χ2v) is 6.35. The quantitative estimate of drug-likeness (QED) is 0.451. The average Bonchev–Trinajstić information content (AvgIpc) is 3.13. The molecule has 0 aliphatic heterocycles. The molecule has 0 radical (unpaired) electrons. The molecule has 0 bridgehead atoms. The van der Waals surface area contributed by atoms with Crippen LogP contribution in [0.4, 0.5) is 27.6 Å². The van der Waals surface area contributed by atoms with E-state index >= 15 is 0 Å². The Labute approximate surface area is 165 Å². The van der Waals surface area contributed by atoms with Crippen LogP contribution in [0, 0.1) is 11.6 Å². The molecule has 152 valence electrons. The number of aromatic nitrogens is 3. The fourth-order valence-corrected chi connectivity index (χ4v) is 2.93. The number of benzene rings is 2. The van der Waals surface area contributed by atoms with Gasteiger partial charge in [0, 0.05) is 17.1 Å². The van der Waals surface area contributed by atoms with Crippen LogP contribution in [0.1, 0.15) is 16.1 Å². The molecular formula is C20H11F5N4O. The summed E-state index contributed by atoms with van der Waals surface area (Å²) in [4.78, 5) is 16.1. The van der Waals surface area contributed by atoms with Crippen molar-refractivity contribution in [2.75, 3.05) is 5.32 Å². The predicted molar refractivity (Wildman–Crippen MR) is 98.6 cm³/mol. The Balaban J connectivity index is 1.69. The molecule has 0 aliphatic carbocycles. The molecule has 2 N–H and O–H groups in total. The number of carbonyl (C=O) groups excluding carboxylic acids is 1. The topological polar surface area (TPSA) is 70.7 Å². The molecule has 2 heterocycles. The number of alkyl halides is 3. The van der Waals surface area contributed by atoms with Crippen molar-refractivity contribution in [2.45, 2.75) is 6.18 Å². The highest BCUT2D eigenvalue weighted by molar-refractivity contribution is 6.11. The van der Waals surface area contributed by atoms with Gasteiger partial charge < -0.3 is 5.32 Å². The number of rotatable bonds is 3. The van der Waals surface area contributed by atoms with Gasteiger partial charge >= 0.3 is 6.18 Å². The molecule has 2 aromatic heterocycles. The summed E-state index contributed by atoms with van der Waals surface area (Å²) >= 11 is 0. The normalized spacial score (nSPS) is 11.6. The third-order valence-electron chi connectivity index (χ3n) is 4.36. The Kier molecular flexibility index (Phi) is 4.69. The van der Waals surface area contributed by atoms with E-state index in [2.05, 4.69) is 20.5 Å². The molecule has 2 aromatic carbocycles. The number of fused-ring (bicyclic) bond motifs is 1. The first kappa shape index (κ1) is 19.5. The average molecular weight is 418 g/mol. The summed E-state index contributed by atoms with van der Waals surface area (Å²) in [5.74, 6) is -2.85. The van der Waals surface area contributed by atoms with Gasteiger partial charge in [0.15, 0.2) is 17.3 Å². The molecule has 0 unspecified atom stereocenters. The first-order chi connectivity index (χ1) is 14.2. The Morgan fingerprint density at radius 2 is 1.83 bits per heavy atom. The third-order valence-corrected chi connectivity index (χ3v) is 4.36. The van der Waals surface area contributed by atoms with Crippen LogP contribution in [0.3, 0.4) is 0 Å². The van der Waals surface area contributed by atoms with E-state index in [0.717, 1.165) is 18.3 Å². The molecule has 4 rings (SSSR count). The van der Waals surface area contributed by atoms with Gasteiger partial charge in [-0.05, 0) is 29.8 Å². The van der Waals surface area contributed by atoms with Crippen molar-refractivity contribution in [2.24, 2.45) is 0 Å². The lowest BCUT2D eigenvalue weighted by molar-refractivity contribution is -0.137. The summed E-state index contributed by atoms with van der Waals surface area (Å²) in [6, 6.07) is 8.96. The lowest BCUT2D eigenvalue weighted by Crippen LogP contribution is -2.14. The predicted octanol–water partition coefficient (Wildman–Crippen LogP) is 5.17. The number of H-pyrrole nitrogens is 1. The van der Waals surface area contributed by atoms with Gasteiger partial charge in [-0.1, -0.05) is 18.2 Å². The number of aromatic amines is 1. The van der Waals surface area contributed by atoms with E-state index in [1.807, 2.05) is 0 Å². The van der Waals surface area contributed by atoms with Crippen molar-refractivity contribution in [3.8, 4) is 11.1 Å². The van der Waals surface area contributed by atoms with Gasteiger partial charge in [0.25, 0.3) is 5.91 Å². The third kappa shape index (κ3) is 3.59. The molecule has 0 spiro atoms. The summed E-state index contributed by atoms with van der Waals surface area (Å²) in [5, 5.41) is 9.11. The van der Waals surface area contributed by atoms with E-state index in [9.17, 15) is 26.7 Å². The number of nitrogens with zero attached hydrogens (tertiary/aromatic N) is 2. The van der Waals surface area contributed by atoms with Gasteiger partial charge in [-0.15, -0.1) is 0 Å². The molecule has 5 nitrogen and oxygen atoms in total. The zero-order valence-electron chi connectivity index (χ0n) is 14.9. The minimum atomic E-state index is -4.61. The van der Waals surface area contributed by atoms with E-state index in [4.69, 9.17) is 0 Å². The molecule has 0 fully saturated rings. The van der Waals surface area contributed by atoms with Crippen LogP contribution in [0.25, 0.3) is 22.0 Å². The van der Waals surface area contributed by atoms with E-state index in [1.54, 1.807) is 0 Å². The standard InChI is InChI=1S/C20H11F5N4O/c21-15-3-1-2-13(17(15)22)10-4-5-16-14(6-10)18(29-28-16)19(30)27-12-7-11(8-26-9-12)20(23,24)25/h1-9H,(H,27,30)(H,28,29). The van der Waals surface area contributed by atoms with Crippen LogP contribution < -0.4 is 5.32 Å². The summed E-state index contributed by atoms with van der Waals surface area (Å²) < 4.78 is 66.1. The van der Waals surface area contributed by atoms with E-state index in [1.165, 1.54) is 30.3 Å². The Hall–Kier alpha value is -3.82. The Morgan fingerprint density at radius 3 is 2.60 bits per heavy atom. The van der Waals surface area contributed by atoms with E-state index in [0.29, 0.717) is 17.3 Å². The number of anilines is 1. The fourth-order valence-electron chi connectivity index (χ4n) is 2.93. The molecule has 10 heteroatoms. The van der Waals surface area contributed by atoms with Crippen molar-refractivity contribution in [1.29, 1.82) is 0 Å². The first-order valence-electron chi connectivity index (χ1n) is 8.50. The highest BCUT2D eigenvalue weighted by Crippen LogP contribution is 2.31. The first-order valence-corrected chi connectivity index (χ1v) is 8.50. The number of halogens is 5. The zero-order chi connectivity index (χ0) is 21.5. The van der Waals surface area contributed by atoms with Gasteiger partial charge in [-0.25, -0.2) is 8.78 Å². The highest BCUT2D eigenvalue weighted by Gasteiger charge is 2.31. The second-order valence-electron chi connectivity index (χ2n) is 6.35. The molecule has 0 saturated carbocycles. The van der Waals surface area contributed by atoms with Gasteiger partial charge in [-0.3, -0.25) is 14.9 Å². The smallest absolute Gasteiger partial charge is 0.319 e. The van der Waals surface area contributed by atoms with Crippen molar-refractivity contribution in [3.63, 3.8) is 0 Å². The van der Waals surface area contributed by atoms with Crippen LogP contribution in [-0.2, 0) is 6.18 Å². The Bertz CT molecular complexity index is 1270. The number of hydrogen-bond acceptors (Lipinski definition) is 3. The summed E-state index contributed by atoms with van der Waals surface area (Å²) in [5.41, 5.74) is -0.583. The largest absolute Gasteiger partial charge is 0.417 e. The van der Waals surface area contributed by atoms with Crippen molar-refractivity contribution < 1.29 is 26.7 Å². The monoisotopic (exact) mass is 418 g/mol. The lowest BCUT2D eigenvalue weighted by atomic mass is 10.0. The molecule has 0 saturated heterocycles. The lowest BCUT2D eigenvalue weighted by Gasteiger charge is -2.09. The van der Waals surface area contributed by atoms with Crippen molar-refractivity contribution >= 4 is 22.5 Å². The maximum Gasteiger partial charge on any atom is 0.417 e. The van der Waals surface area contributed by atoms with Crippen molar-refractivity contribution in [3.05, 3.63) is 77.8 Å². The molecule has 0 aliphatic rings. The van der Waals surface area contributed by atoms with E-state index in [-0.39, 0.29) is 22.3 Å².